The fraction of sp³-hybridized carbons (Fsp3) is 0.450. The third-order valence-electron chi connectivity index (χ3n) is 4.87. The van der Waals surface area contributed by atoms with Crippen LogP contribution in [0.1, 0.15) is 22.0 Å². The number of piperazine rings is 1. The van der Waals surface area contributed by atoms with E-state index < -0.39 is 0 Å². The van der Waals surface area contributed by atoms with Crippen molar-refractivity contribution in [1.82, 2.24) is 15.1 Å². The second-order valence-electron chi connectivity index (χ2n) is 6.58. The third-order valence-corrected chi connectivity index (χ3v) is 6.39. The molecule has 6 heteroatoms. The zero-order valence-electron chi connectivity index (χ0n) is 15.5. The molecule has 1 saturated heterocycles. The molecule has 1 aliphatic heterocycles. The summed E-state index contributed by atoms with van der Waals surface area (Å²) < 4.78 is 0. The van der Waals surface area contributed by atoms with Gasteiger partial charge in [0, 0.05) is 43.4 Å². The van der Waals surface area contributed by atoms with Crippen molar-refractivity contribution in [2.45, 2.75) is 13.0 Å². The summed E-state index contributed by atoms with van der Waals surface area (Å²) in [6.45, 7) is 6.73. The summed E-state index contributed by atoms with van der Waals surface area (Å²) in [7, 11) is 0. The van der Waals surface area contributed by atoms with Gasteiger partial charge in [-0.15, -0.1) is 11.3 Å². The second-order valence-corrected chi connectivity index (χ2v) is 8.54. The molecule has 1 aliphatic rings. The van der Waals surface area contributed by atoms with Gasteiger partial charge in [0.25, 0.3) is 0 Å². The molecule has 0 radical (unpaired) electrons. The lowest BCUT2D eigenvalue weighted by Crippen LogP contribution is -2.52. The highest BCUT2D eigenvalue weighted by Gasteiger charge is 2.25. The molecular formula is C20H27N3OS2. The molecule has 26 heavy (non-hydrogen) atoms. The molecule has 140 valence electrons. The molecule has 0 saturated carbocycles. The fourth-order valence-corrected chi connectivity index (χ4v) is 4.51. The molecule has 4 nitrogen and oxygen atoms in total. The Morgan fingerprint density at radius 2 is 1.96 bits per heavy atom. The number of hydrogen-bond acceptors (Lipinski definition) is 4. The number of hydrogen-bond donors (Lipinski definition) is 1. The van der Waals surface area contributed by atoms with Crippen molar-refractivity contribution in [3.8, 4) is 0 Å². The summed E-state index contributed by atoms with van der Waals surface area (Å²) >= 11 is 3.56. The number of aryl methyl sites for hydroxylation is 1. The summed E-state index contributed by atoms with van der Waals surface area (Å²) in [5.41, 5.74) is 2.37. The maximum Gasteiger partial charge on any atom is 0.318 e. The Bertz CT molecular complexity index is 697. The zero-order chi connectivity index (χ0) is 18.4. The normalized spacial score (nSPS) is 16.5. The predicted molar refractivity (Wildman–Crippen MR) is 112 cm³/mol. The van der Waals surface area contributed by atoms with Crippen LogP contribution in [0, 0.1) is 6.92 Å². The van der Waals surface area contributed by atoms with Crippen LogP contribution < -0.4 is 5.32 Å². The van der Waals surface area contributed by atoms with Crippen LogP contribution in [0.25, 0.3) is 0 Å². The first-order chi connectivity index (χ1) is 12.7. The lowest BCUT2D eigenvalue weighted by atomic mass is 10.00. The molecule has 0 bridgehead atoms. The summed E-state index contributed by atoms with van der Waals surface area (Å²) in [6.07, 6.45) is 2.14. The zero-order valence-corrected chi connectivity index (χ0v) is 17.1. The molecule has 1 atom stereocenters. The monoisotopic (exact) mass is 389 g/mol. The molecular weight excluding hydrogens is 362 g/mol. The maximum atomic E-state index is 12.9. The number of urea groups is 1. The lowest BCUT2D eigenvalue weighted by Gasteiger charge is -2.35. The van der Waals surface area contributed by atoms with Crippen LogP contribution in [0.15, 0.2) is 41.8 Å². The van der Waals surface area contributed by atoms with Crippen LogP contribution in [-0.2, 0) is 0 Å². The van der Waals surface area contributed by atoms with Gasteiger partial charge in [-0.2, -0.15) is 11.8 Å². The Hall–Kier alpha value is -1.50. The van der Waals surface area contributed by atoms with Crippen LogP contribution >= 0.6 is 23.1 Å². The molecule has 1 aromatic carbocycles. The smallest absolute Gasteiger partial charge is 0.318 e. The number of carbonyl (C=O) groups excluding carboxylic acids is 1. The van der Waals surface area contributed by atoms with Gasteiger partial charge in [0.1, 0.15) is 0 Å². The third kappa shape index (κ3) is 4.81. The molecule has 2 aromatic rings. The number of thioether (sulfide) groups is 1. The molecule has 2 heterocycles. The van der Waals surface area contributed by atoms with Gasteiger partial charge in [-0.05, 0) is 35.8 Å². The molecule has 0 aliphatic carbocycles. The van der Waals surface area contributed by atoms with Gasteiger partial charge in [-0.1, -0.05) is 30.3 Å². The first-order valence-corrected chi connectivity index (χ1v) is 11.3. The van der Waals surface area contributed by atoms with Crippen LogP contribution in [0.4, 0.5) is 4.79 Å². The van der Waals surface area contributed by atoms with E-state index >= 15 is 0 Å². The summed E-state index contributed by atoms with van der Waals surface area (Å²) in [4.78, 5) is 18.5. The highest BCUT2D eigenvalue weighted by atomic mass is 32.2. The first kappa shape index (κ1) is 19.3. The highest BCUT2D eigenvalue weighted by Crippen LogP contribution is 2.28. The van der Waals surface area contributed by atoms with Gasteiger partial charge in [0.15, 0.2) is 0 Å². The molecule has 1 fully saturated rings. The SMILES string of the molecule is CSCCN1CCN(C(=O)N[C@@H](c2cccs2)c2ccccc2C)CC1. The Morgan fingerprint density at radius 1 is 1.19 bits per heavy atom. The second kappa shape index (κ2) is 9.44. The van der Waals surface area contributed by atoms with Crippen molar-refractivity contribution in [3.63, 3.8) is 0 Å². The molecule has 0 spiro atoms. The molecule has 3 rings (SSSR count). The van der Waals surface area contributed by atoms with E-state index in [1.807, 2.05) is 34.9 Å². The number of rotatable bonds is 6. The van der Waals surface area contributed by atoms with Gasteiger partial charge >= 0.3 is 6.03 Å². The minimum atomic E-state index is -0.0850. The highest BCUT2D eigenvalue weighted by molar-refractivity contribution is 7.98. The number of benzene rings is 1. The van der Waals surface area contributed by atoms with Gasteiger partial charge in [-0.25, -0.2) is 4.79 Å². The first-order valence-electron chi connectivity index (χ1n) is 9.04. The van der Waals surface area contributed by atoms with E-state index in [0.29, 0.717) is 0 Å². The Kier molecular flexibility index (Phi) is 7.00. The maximum absolute atomic E-state index is 12.9. The number of amides is 2. The van der Waals surface area contributed by atoms with E-state index in [1.165, 1.54) is 16.0 Å². The van der Waals surface area contributed by atoms with Crippen LogP contribution in [0.2, 0.25) is 0 Å². The summed E-state index contributed by atoms with van der Waals surface area (Å²) in [6, 6.07) is 12.4. The Balaban J connectivity index is 1.66. The van der Waals surface area contributed by atoms with E-state index in [2.05, 4.69) is 47.0 Å². The number of nitrogens with zero attached hydrogens (tertiary/aromatic N) is 2. The average Bonchev–Trinajstić information content (AvgIpc) is 3.20. The van der Waals surface area contributed by atoms with E-state index in [-0.39, 0.29) is 12.1 Å². The van der Waals surface area contributed by atoms with Crippen molar-refractivity contribution in [1.29, 1.82) is 0 Å². The topological polar surface area (TPSA) is 35.6 Å². The molecule has 2 amide bonds. The van der Waals surface area contributed by atoms with Crippen LogP contribution in [0.3, 0.4) is 0 Å². The summed E-state index contributed by atoms with van der Waals surface area (Å²) in [5, 5.41) is 5.35. The lowest BCUT2D eigenvalue weighted by molar-refractivity contribution is 0.142. The minimum Gasteiger partial charge on any atom is -0.326 e. The fourth-order valence-electron chi connectivity index (χ4n) is 3.28. The standard InChI is InChI=1S/C20H27N3OS2/c1-16-6-3-4-7-17(16)19(18-8-5-14-26-18)21-20(24)23-11-9-22(10-12-23)13-15-25-2/h3-8,14,19H,9-13,15H2,1-2H3,(H,21,24)/t19-/m1/s1. The van der Waals surface area contributed by atoms with Crippen molar-refractivity contribution in [2.75, 3.05) is 44.7 Å². The largest absolute Gasteiger partial charge is 0.326 e. The predicted octanol–water partition coefficient (Wildman–Crippen LogP) is 3.84. The minimum absolute atomic E-state index is 0.0381. The van der Waals surface area contributed by atoms with E-state index in [9.17, 15) is 4.79 Å². The Labute approximate surface area is 164 Å². The molecule has 0 unspecified atom stereocenters. The average molecular weight is 390 g/mol. The molecule has 1 N–H and O–H groups in total. The summed E-state index contributed by atoms with van der Waals surface area (Å²) in [5.74, 6) is 1.15. The number of carbonyl (C=O) groups is 1. The Morgan fingerprint density at radius 3 is 2.62 bits per heavy atom. The van der Waals surface area contributed by atoms with Crippen LogP contribution in [0.5, 0.6) is 0 Å². The van der Waals surface area contributed by atoms with Crippen molar-refractivity contribution in [2.24, 2.45) is 0 Å². The molecule has 1 aromatic heterocycles. The van der Waals surface area contributed by atoms with Gasteiger partial charge < -0.3 is 10.2 Å². The number of nitrogens with one attached hydrogen (secondary N) is 1. The van der Waals surface area contributed by atoms with E-state index in [1.54, 1.807) is 11.3 Å². The van der Waals surface area contributed by atoms with Crippen molar-refractivity contribution >= 4 is 29.1 Å². The van der Waals surface area contributed by atoms with Gasteiger partial charge in [0.05, 0.1) is 6.04 Å². The van der Waals surface area contributed by atoms with Crippen LogP contribution in [-0.4, -0.2) is 60.6 Å². The van der Waals surface area contributed by atoms with Gasteiger partial charge in [0.2, 0.25) is 0 Å². The van der Waals surface area contributed by atoms with Crippen molar-refractivity contribution < 1.29 is 4.79 Å². The van der Waals surface area contributed by atoms with E-state index in [4.69, 9.17) is 0 Å². The van der Waals surface area contributed by atoms with E-state index in [0.717, 1.165) is 38.5 Å². The van der Waals surface area contributed by atoms with Crippen molar-refractivity contribution in [3.05, 3.63) is 57.8 Å². The number of thiophene rings is 1. The quantitative estimate of drug-likeness (QED) is 0.815. The van der Waals surface area contributed by atoms with Gasteiger partial charge in [-0.3, -0.25) is 4.90 Å².